The molecule has 0 saturated heterocycles. The molecular weight excluding hydrogens is 194 g/mol. The van der Waals surface area contributed by atoms with E-state index in [1.165, 1.54) is 6.08 Å². The van der Waals surface area contributed by atoms with Crippen LogP contribution in [0.4, 0.5) is 0 Å². The van der Waals surface area contributed by atoms with Crippen LogP contribution in [0.1, 0.15) is 10.4 Å². The Balaban J connectivity index is 2.50. The number of esters is 1. The minimum atomic E-state index is -0.683. The van der Waals surface area contributed by atoms with Crippen LogP contribution in [0.3, 0.4) is 0 Å². The molecule has 0 fully saturated rings. The first kappa shape index (κ1) is 11.1. The molecule has 4 heteroatoms. The molecule has 15 heavy (non-hydrogen) atoms. The number of rotatable bonds is 5. The molecule has 0 spiro atoms. The van der Waals surface area contributed by atoms with E-state index in [1.54, 1.807) is 30.3 Å². The molecule has 4 nitrogen and oxygen atoms in total. The minimum Gasteiger partial charge on any atom is -0.459 e. The molecule has 1 unspecified atom stereocenters. The van der Waals surface area contributed by atoms with Crippen molar-refractivity contribution in [2.45, 2.75) is 6.04 Å². The molecule has 0 aromatic heterocycles. The molecule has 0 radical (unpaired) electrons. The van der Waals surface area contributed by atoms with Crippen LogP contribution in [0.25, 0.3) is 0 Å². The average molecular weight is 205 g/mol. The van der Waals surface area contributed by atoms with Gasteiger partial charge >= 0.3 is 5.97 Å². The van der Waals surface area contributed by atoms with Gasteiger partial charge in [0.15, 0.2) is 0 Å². The third-order valence-electron chi connectivity index (χ3n) is 1.80. The standard InChI is InChI=1S/C11H11NO3/c1-2-10(12-14)8-15-11(13)9-6-4-3-5-7-9/h2-7,10H,1,8H2. The summed E-state index contributed by atoms with van der Waals surface area (Å²) in [6.07, 6.45) is 1.34. The maximum atomic E-state index is 11.4. The summed E-state index contributed by atoms with van der Waals surface area (Å²) in [6.45, 7) is 3.33. The van der Waals surface area contributed by atoms with Crippen LogP contribution in [-0.2, 0) is 4.74 Å². The number of ether oxygens (including phenoxy) is 1. The minimum absolute atomic E-state index is 0.0687. The van der Waals surface area contributed by atoms with E-state index >= 15 is 0 Å². The molecule has 0 N–H and O–H groups in total. The van der Waals surface area contributed by atoms with Gasteiger partial charge in [-0.2, -0.15) is 4.91 Å². The van der Waals surface area contributed by atoms with E-state index in [9.17, 15) is 9.70 Å². The number of carbonyl (C=O) groups is 1. The number of carbonyl (C=O) groups excluding carboxylic acids is 1. The van der Waals surface area contributed by atoms with Crippen molar-refractivity contribution < 1.29 is 9.53 Å². The van der Waals surface area contributed by atoms with Crippen LogP contribution in [0.15, 0.2) is 48.2 Å². The van der Waals surface area contributed by atoms with E-state index in [4.69, 9.17) is 4.74 Å². The summed E-state index contributed by atoms with van der Waals surface area (Å²) < 4.78 is 4.87. The Labute approximate surface area is 87.5 Å². The van der Waals surface area contributed by atoms with E-state index < -0.39 is 12.0 Å². The molecule has 0 aliphatic rings. The molecule has 1 atom stereocenters. The molecule has 1 aromatic rings. The highest BCUT2D eigenvalue weighted by Crippen LogP contribution is 2.02. The zero-order valence-electron chi connectivity index (χ0n) is 8.13. The molecule has 0 aliphatic heterocycles. The quantitative estimate of drug-likeness (QED) is 0.420. The SMILES string of the molecule is C=CC(COC(=O)c1ccccc1)N=O. The van der Waals surface area contributed by atoms with Crippen LogP contribution in [-0.4, -0.2) is 18.6 Å². The van der Waals surface area contributed by atoms with Crippen molar-refractivity contribution in [1.29, 1.82) is 0 Å². The fourth-order valence-electron chi connectivity index (χ4n) is 0.960. The molecule has 0 aliphatic carbocycles. The lowest BCUT2D eigenvalue weighted by Crippen LogP contribution is -2.14. The molecular formula is C11H11NO3. The van der Waals surface area contributed by atoms with Crippen molar-refractivity contribution in [2.24, 2.45) is 5.18 Å². The van der Waals surface area contributed by atoms with Gasteiger partial charge in [-0.25, -0.2) is 4.79 Å². The summed E-state index contributed by atoms with van der Waals surface area (Å²) in [5.41, 5.74) is 0.450. The van der Waals surface area contributed by atoms with Gasteiger partial charge in [-0.1, -0.05) is 29.5 Å². The van der Waals surface area contributed by atoms with E-state index in [0.29, 0.717) is 5.56 Å². The van der Waals surface area contributed by atoms with Crippen LogP contribution in [0.5, 0.6) is 0 Å². The van der Waals surface area contributed by atoms with Crippen molar-refractivity contribution in [3.63, 3.8) is 0 Å². The molecule has 0 bridgehead atoms. The van der Waals surface area contributed by atoms with Crippen molar-refractivity contribution >= 4 is 5.97 Å². The summed E-state index contributed by atoms with van der Waals surface area (Å²) in [7, 11) is 0. The van der Waals surface area contributed by atoms with E-state index in [2.05, 4.69) is 11.8 Å². The third kappa shape index (κ3) is 3.34. The zero-order chi connectivity index (χ0) is 11.1. The van der Waals surface area contributed by atoms with Crippen molar-refractivity contribution in [3.05, 3.63) is 53.5 Å². The van der Waals surface area contributed by atoms with Crippen molar-refractivity contribution in [1.82, 2.24) is 0 Å². The predicted molar refractivity (Wildman–Crippen MR) is 56.5 cm³/mol. The molecule has 0 saturated carbocycles. The van der Waals surface area contributed by atoms with E-state index in [-0.39, 0.29) is 6.61 Å². The predicted octanol–water partition coefficient (Wildman–Crippen LogP) is 2.16. The summed E-state index contributed by atoms with van der Waals surface area (Å²) >= 11 is 0. The van der Waals surface area contributed by atoms with Gasteiger partial charge in [0.05, 0.1) is 5.56 Å². The molecule has 78 valence electrons. The summed E-state index contributed by atoms with van der Waals surface area (Å²) in [5.74, 6) is -0.467. The Hall–Kier alpha value is -1.97. The number of hydrogen-bond donors (Lipinski definition) is 0. The van der Waals surface area contributed by atoms with Gasteiger partial charge in [0.2, 0.25) is 0 Å². The molecule has 0 amide bonds. The Bertz CT molecular complexity index is 340. The zero-order valence-corrected chi connectivity index (χ0v) is 8.13. The maximum Gasteiger partial charge on any atom is 0.338 e. The number of benzene rings is 1. The van der Waals surface area contributed by atoms with Crippen LogP contribution in [0, 0.1) is 4.91 Å². The first-order valence-corrected chi connectivity index (χ1v) is 4.45. The Morgan fingerprint density at radius 3 is 2.67 bits per heavy atom. The summed E-state index contributed by atoms with van der Waals surface area (Å²) in [5, 5.41) is 2.73. The number of nitroso groups, excluding NO2 is 1. The van der Waals surface area contributed by atoms with Gasteiger partial charge in [-0.3, -0.25) is 0 Å². The summed E-state index contributed by atoms with van der Waals surface area (Å²) in [4.78, 5) is 21.6. The first-order valence-electron chi connectivity index (χ1n) is 4.45. The van der Waals surface area contributed by atoms with Crippen molar-refractivity contribution in [2.75, 3.05) is 6.61 Å². The highest BCUT2D eigenvalue weighted by atomic mass is 16.5. The van der Waals surface area contributed by atoms with Gasteiger partial charge in [0.1, 0.15) is 12.6 Å². The summed E-state index contributed by atoms with van der Waals surface area (Å²) in [6, 6.07) is 7.87. The normalized spacial score (nSPS) is 11.5. The monoisotopic (exact) mass is 205 g/mol. The van der Waals surface area contributed by atoms with Crippen LogP contribution in [0.2, 0.25) is 0 Å². The van der Waals surface area contributed by atoms with Gasteiger partial charge in [0, 0.05) is 0 Å². The Kier molecular flexibility index (Phi) is 4.22. The van der Waals surface area contributed by atoms with Crippen molar-refractivity contribution in [3.8, 4) is 0 Å². The third-order valence-corrected chi connectivity index (χ3v) is 1.80. The van der Waals surface area contributed by atoms with Gasteiger partial charge in [0.25, 0.3) is 0 Å². The highest BCUT2D eigenvalue weighted by Gasteiger charge is 2.09. The Morgan fingerprint density at radius 2 is 2.13 bits per heavy atom. The van der Waals surface area contributed by atoms with E-state index in [0.717, 1.165) is 0 Å². The van der Waals surface area contributed by atoms with E-state index in [1.807, 2.05) is 0 Å². The van der Waals surface area contributed by atoms with Crippen LogP contribution < -0.4 is 0 Å². The lowest BCUT2D eigenvalue weighted by Gasteiger charge is -2.05. The smallest absolute Gasteiger partial charge is 0.338 e. The molecule has 1 aromatic carbocycles. The Morgan fingerprint density at radius 1 is 1.47 bits per heavy atom. The first-order chi connectivity index (χ1) is 7.27. The fraction of sp³-hybridized carbons (Fsp3) is 0.182. The second-order valence-corrected chi connectivity index (χ2v) is 2.87. The molecule has 0 heterocycles. The topological polar surface area (TPSA) is 55.7 Å². The number of hydrogen-bond acceptors (Lipinski definition) is 4. The fourth-order valence-corrected chi connectivity index (χ4v) is 0.960. The van der Waals surface area contributed by atoms with Gasteiger partial charge < -0.3 is 4.74 Å². The maximum absolute atomic E-state index is 11.4. The number of nitrogens with zero attached hydrogens (tertiary/aromatic N) is 1. The molecule has 1 rings (SSSR count). The average Bonchev–Trinajstić information content (AvgIpc) is 2.31. The van der Waals surface area contributed by atoms with Gasteiger partial charge in [-0.15, -0.1) is 6.58 Å². The largest absolute Gasteiger partial charge is 0.459 e. The van der Waals surface area contributed by atoms with Gasteiger partial charge in [-0.05, 0) is 12.1 Å². The second kappa shape index (κ2) is 5.70. The highest BCUT2D eigenvalue weighted by molar-refractivity contribution is 5.89. The lowest BCUT2D eigenvalue weighted by molar-refractivity contribution is 0.0497. The second-order valence-electron chi connectivity index (χ2n) is 2.87. The lowest BCUT2D eigenvalue weighted by atomic mass is 10.2. The van der Waals surface area contributed by atoms with Crippen LogP contribution >= 0.6 is 0 Å².